The van der Waals surface area contributed by atoms with Gasteiger partial charge in [-0.1, -0.05) is 6.58 Å². The van der Waals surface area contributed by atoms with Gasteiger partial charge in [0.05, 0.1) is 21.1 Å². The third-order valence-corrected chi connectivity index (χ3v) is 1.17. The number of rotatable bonds is 4. The van der Waals surface area contributed by atoms with Crippen LogP contribution in [-0.4, -0.2) is 52.0 Å². The molecule has 0 aliphatic heterocycles. The van der Waals surface area contributed by atoms with Crippen LogP contribution in [0.5, 0.6) is 0 Å². The molecule has 8 heteroatoms. The van der Waals surface area contributed by atoms with E-state index in [0.29, 0.717) is 6.61 Å². The van der Waals surface area contributed by atoms with Gasteiger partial charge in [-0.3, -0.25) is 0 Å². The van der Waals surface area contributed by atoms with Gasteiger partial charge in [-0.15, -0.1) is 0 Å². The van der Waals surface area contributed by atoms with Crippen LogP contribution >= 0.6 is 0 Å². The first-order chi connectivity index (χ1) is 6.95. The SMILES string of the molecule is C=CC(=O)OCC[N+](C)(C)C.F[B-](F)(F)F. The molecule has 0 fully saturated rings. The zero-order valence-electron chi connectivity index (χ0n) is 9.55. The summed E-state index contributed by atoms with van der Waals surface area (Å²) in [4.78, 5) is 10.6. The van der Waals surface area contributed by atoms with Gasteiger partial charge in [-0.25, -0.2) is 4.79 Å². The van der Waals surface area contributed by atoms with E-state index in [1.807, 2.05) is 21.1 Å². The summed E-state index contributed by atoms with van der Waals surface area (Å²) >= 11 is 0. The van der Waals surface area contributed by atoms with Crippen LogP contribution in [0.2, 0.25) is 0 Å². The minimum Gasteiger partial charge on any atom is -0.457 e. The Balaban J connectivity index is 0. The average molecular weight is 245 g/mol. The van der Waals surface area contributed by atoms with Crippen molar-refractivity contribution < 1.29 is 31.3 Å². The van der Waals surface area contributed by atoms with Crippen molar-refractivity contribution in [2.75, 3.05) is 34.3 Å². The van der Waals surface area contributed by atoms with Gasteiger partial charge in [0.15, 0.2) is 0 Å². The second-order valence-electron chi connectivity index (χ2n) is 3.88. The summed E-state index contributed by atoms with van der Waals surface area (Å²) in [6.07, 6.45) is 1.18. The topological polar surface area (TPSA) is 26.3 Å². The van der Waals surface area contributed by atoms with E-state index in [2.05, 4.69) is 6.58 Å². The smallest absolute Gasteiger partial charge is 0.457 e. The standard InChI is InChI=1S/C8H16NO2.BF4/c1-5-8(10)11-7-6-9(2,3)4;2-1(3,4)5/h5H,1,6-7H2,2-4H3;/q+1;-1. The molecule has 0 spiro atoms. The first kappa shape index (κ1) is 17.4. The van der Waals surface area contributed by atoms with Gasteiger partial charge >= 0.3 is 13.2 Å². The normalized spacial score (nSPS) is 11.2. The highest BCUT2D eigenvalue weighted by atomic mass is 19.5. The van der Waals surface area contributed by atoms with Crippen LogP contribution in [0.15, 0.2) is 12.7 Å². The summed E-state index contributed by atoms with van der Waals surface area (Å²) in [6, 6.07) is 0. The van der Waals surface area contributed by atoms with Crippen LogP contribution in [0.4, 0.5) is 17.3 Å². The Morgan fingerprint density at radius 1 is 1.31 bits per heavy atom. The number of hydrogen-bond acceptors (Lipinski definition) is 2. The van der Waals surface area contributed by atoms with E-state index in [-0.39, 0.29) is 5.97 Å². The van der Waals surface area contributed by atoms with Crippen LogP contribution in [0, 0.1) is 0 Å². The number of halogens is 4. The zero-order chi connectivity index (χ0) is 13.4. The van der Waals surface area contributed by atoms with E-state index in [4.69, 9.17) is 4.74 Å². The highest BCUT2D eigenvalue weighted by Crippen LogP contribution is 2.06. The number of quaternary nitrogens is 1. The van der Waals surface area contributed by atoms with E-state index in [1.54, 1.807) is 0 Å². The van der Waals surface area contributed by atoms with E-state index in [1.165, 1.54) is 6.08 Å². The maximum Gasteiger partial charge on any atom is 0.673 e. The number of carbonyl (C=O) groups is 1. The number of carbonyl (C=O) groups excluding carboxylic acids is 1. The molecule has 0 saturated carbocycles. The molecule has 0 aromatic heterocycles. The Morgan fingerprint density at radius 3 is 1.94 bits per heavy atom. The quantitative estimate of drug-likeness (QED) is 0.248. The van der Waals surface area contributed by atoms with Gasteiger partial charge in [0.2, 0.25) is 0 Å². The van der Waals surface area contributed by atoms with Crippen molar-refractivity contribution in [3.05, 3.63) is 12.7 Å². The third kappa shape index (κ3) is 29.3. The lowest BCUT2D eigenvalue weighted by Crippen LogP contribution is -2.37. The molecule has 96 valence electrons. The fraction of sp³-hybridized carbons (Fsp3) is 0.625. The molecule has 0 rings (SSSR count). The van der Waals surface area contributed by atoms with E-state index in [9.17, 15) is 22.1 Å². The minimum absolute atomic E-state index is 0.349. The Bertz CT molecular complexity index is 219. The van der Waals surface area contributed by atoms with Crippen molar-refractivity contribution in [1.29, 1.82) is 0 Å². The highest BCUT2D eigenvalue weighted by molar-refractivity contribution is 6.50. The second-order valence-corrected chi connectivity index (χ2v) is 3.88. The fourth-order valence-electron chi connectivity index (χ4n) is 0.479. The van der Waals surface area contributed by atoms with Crippen LogP contribution < -0.4 is 0 Å². The van der Waals surface area contributed by atoms with Crippen molar-refractivity contribution in [1.82, 2.24) is 0 Å². The Labute approximate surface area is 92.4 Å². The monoisotopic (exact) mass is 245 g/mol. The van der Waals surface area contributed by atoms with Crippen molar-refractivity contribution in [3.63, 3.8) is 0 Å². The van der Waals surface area contributed by atoms with E-state index < -0.39 is 7.25 Å². The highest BCUT2D eigenvalue weighted by Gasteiger charge is 2.20. The maximum atomic E-state index is 10.6. The first-order valence-electron chi connectivity index (χ1n) is 4.42. The number of nitrogens with zero attached hydrogens (tertiary/aromatic N) is 1. The molecule has 0 aromatic rings. The Kier molecular flexibility index (Phi) is 7.88. The first-order valence-corrected chi connectivity index (χ1v) is 4.42. The average Bonchev–Trinajstić information content (AvgIpc) is 1.98. The number of hydrogen-bond donors (Lipinski definition) is 0. The Morgan fingerprint density at radius 2 is 1.69 bits per heavy atom. The molecule has 0 heterocycles. The number of ether oxygens (including phenoxy) is 1. The summed E-state index contributed by atoms with van der Waals surface area (Å²) in [5.74, 6) is -0.349. The predicted octanol–water partition coefficient (Wildman–Crippen LogP) is 1.72. The summed E-state index contributed by atoms with van der Waals surface area (Å²) < 4.78 is 44.6. The van der Waals surface area contributed by atoms with Gasteiger partial charge in [0, 0.05) is 6.08 Å². The molecule has 0 atom stereocenters. The fourth-order valence-corrected chi connectivity index (χ4v) is 0.479. The number of esters is 1. The molecule has 16 heavy (non-hydrogen) atoms. The van der Waals surface area contributed by atoms with Crippen LogP contribution in [0.25, 0.3) is 0 Å². The molecule has 0 radical (unpaired) electrons. The lowest BCUT2D eigenvalue weighted by Gasteiger charge is -2.23. The summed E-state index contributed by atoms with van der Waals surface area (Å²) in [7, 11) is 0.130. The predicted molar refractivity (Wildman–Crippen MR) is 54.2 cm³/mol. The molecule has 0 bridgehead atoms. The molecule has 0 N–H and O–H groups in total. The van der Waals surface area contributed by atoms with Crippen molar-refractivity contribution in [2.24, 2.45) is 0 Å². The molecule has 0 aliphatic carbocycles. The van der Waals surface area contributed by atoms with E-state index in [0.717, 1.165) is 11.0 Å². The van der Waals surface area contributed by atoms with Crippen LogP contribution in [0.3, 0.4) is 0 Å². The summed E-state index contributed by atoms with van der Waals surface area (Å²) in [6.45, 7) is 4.57. The van der Waals surface area contributed by atoms with Crippen molar-refractivity contribution >= 4 is 13.2 Å². The van der Waals surface area contributed by atoms with Gasteiger partial charge < -0.3 is 26.5 Å². The largest absolute Gasteiger partial charge is 0.673 e. The summed E-state index contributed by atoms with van der Waals surface area (Å²) in [5.41, 5.74) is 0. The van der Waals surface area contributed by atoms with Crippen LogP contribution in [-0.2, 0) is 9.53 Å². The maximum absolute atomic E-state index is 10.6. The van der Waals surface area contributed by atoms with Gasteiger partial charge in [0.1, 0.15) is 13.2 Å². The molecule has 3 nitrogen and oxygen atoms in total. The van der Waals surface area contributed by atoms with E-state index >= 15 is 0 Å². The second kappa shape index (κ2) is 7.26. The molecule has 0 amide bonds. The molecule has 0 saturated heterocycles. The zero-order valence-corrected chi connectivity index (χ0v) is 9.55. The molecular formula is C8H16BF4NO2. The third-order valence-electron chi connectivity index (χ3n) is 1.17. The van der Waals surface area contributed by atoms with Crippen molar-refractivity contribution in [2.45, 2.75) is 0 Å². The molecule has 0 unspecified atom stereocenters. The minimum atomic E-state index is -6.00. The van der Waals surface area contributed by atoms with Crippen molar-refractivity contribution in [3.8, 4) is 0 Å². The molecule has 0 aliphatic rings. The lowest BCUT2D eigenvalue weighted by molar-refractivity contribution is -0.870. The molecular weight excluding hydrogens is 229 g/mol. The molecule has 0 aromatic carbocycles. The van der Waals surface area contributed by atoms with Gasteiger partial charge in [0.25, 0.3) is 0 Å². The summed E-state index contributed by atoms with van der Waals surface area (Å²) in [5, 5.41) is 0. The Hall–Kier alpha value is -1.05. The van der Waals surface area contributed by atoms with Gasteiger partial charge in [-0.05, 0) is 0 Å². The van der Waals surface area contributed by atoms with Crippen LogP contribution in [0.1, 0.15) is 0 Å². The lowest BCUT2D eigenvalue weighted by atomic mass is 10.3. The number of likely N-dealkylation sites (N-methyl/N-ethyl adjacent to an activating group) is 1. The van der Waals surface area contributed by atoms with Gasteiger partial charge in [-0.2, -0.15) is 0 Å².